The van der Waals surface area contributed by atoms with Crippen molar-refractivity contribution < 1.29 is 9.90 Å². The maximum Gasteiger partial charge on any atom is 0.253 e. The fraction of sp³-hybridized carbons (Fsp3) is 0.464. The summed E-state index contributed by atoms with van der Waals surface area (Å²) in [5, 5.41) is 9.76. The van der Waals surface area contributed by atoms with Gasteiger partial charge in [0.05, 0.1) is 0 Å². The Labute approximate surface area is 192 Å². The number of likely N-dealkylation sites (tertiary alicyclic amines) is 2. The van der Waals surface area contributed by atoms with Crippen molar-refractivity contribution in [1.82, 2.24) is 9.80 Å². The molecular formula is C28H34N2O2. The van der Waals surface area contributed by atoms with Crippen molar-refractivity contribution in [3.05, 3.63) is 70.8 Å². The first-order valence-electron chi connectivity index (χ1n) is 11.6. The number of hydrogen-bond acceptors (Lipinski definition) is 3. The van der Waals surface area contributed by atoms with E-state index in [2.05, 4.69) is 47.9 Å². The fourth-order valence-corrected chi connectivity index (χ4v) is 5.06. The number of nitrogens with zero attached hydrogens (tertiary/aromatic N) is 2. The van der Waals surface area contributed by atoms with Crippen molar-refractivity contribution in [2.45, 2.75) is 52.2 Å². The quantitative estimate of drug-likeness (QED) is 0.741. The highest BCUT2D eigenvalue weighted by Crippen LogP contribution is 2.39. The molecule has 0 radical (unpaired) electrons. The normalized spacial score (nSPS) is 21.4. The van der Waals surface area contributed by atoms with Crippen LogP contribution < -0.4 is 0 Å². The van der Waals surface area contributed by atoms with Gasteiger partial charge in [-0.1, -0.05) is 41.7 Å². The molecular weight excluding hydrogens is 396 g/mol. The molecule has 0 aromatic heterocycles. The third-order valence-electron chi connectivity index (χ3n) is 6.60. The Bertz CT molecular complexity index is 1030. The third kappa shape index (κ3) is 5.59. The molecule has 168 valence electrons. The average molecular weight is 431 g/mol. The van der Waals surface area contributed by atoms with Gasteiger partial charge in [-0.05, 0) is 76.4 Å². The van der Waals surface area contributed by atoms with Gasteiger partial charge in [-0.25, -0.2) is 0 Å². The molecule has 0 saturated carbocycles. The highest BCUT2D eigenvalue weighted by Gasteiger charge is 2.42. The second kappa shape index (κ2) is 9.10. The molecule has 2 aliphatic rings. The topological polar surface area (TPSA) is 43.8 Å². The predicted octanol–water partition coefficient (Wildman–Crippen LogP) is 4.25. The van der Waals surface area contributed by atoms with Crippen LogP contribution in [-0.4, -0.2) is 52.6 Å². The number of amides is 1. The van der Waals surface area contributed by atoms with Gasteiger partial charge in [0.15, 0.2) is 0 Å². The first-order chi connectivity index (χ1) is 15.2. The molecule has 1 unspecified atom stereocenters. The zero-order valence-electron chi connectivity index (χ0n) is 19.5. The number of carbonyl (C=O) groups excluding carboxylic acids is 1. The summed E-state index contributed by atoms with van der Waals surface area (Å²) in [6, 6.07) is 16.2. The van der Waals surface area contributed by atoms with Gasteiger partial charge in [-0.3, -0.25) is 9.69 Å². The van der Waals surface area contributed by atoms with E-state index in [-0.39, 0.29) is 11.3 Å². The number of benzene rings is 2. The minimum Gasteiger partial charge on any atom is -0.378 e. The SMILES string of the molecule is Cc1cccc(CN2CCCC3(CCN(C(=O)c4ccc(C#CC(C)(C)O)cc4)C3)C2)c1. The van der Waals surface area contributed by atoms with Crippen LogP contribution in [0.25, 0.3) is 0 Å². The van der Waals surface area contributed by atoms with Crippen LogP contribution in [0.15, 0.2) is 48.5 Å². The predicted molar refractivity (Wildman–Crippen MR) is 128 cm³/mol. The molecule has 0 aliphatic carbocycles. The molecule has 4 nitrogen and oxygen atoms in total. The minimum absolute atomic E-state index is 0.111. The van der Waals surface area contributed by atoms with E-state index in [0.717, 1.165) is 44.7 Å². The highest BCUT2D eigenvalue weighted by molar-refractivity contribution is 5.94. The van der Waals surface area contributed by atoms with E-state index in [1.54, 1.807) is 13.8 Å². The van der Waals surface area contributed by atoms with Gasteiger partial charge >= 0.3 is 0 Å². The van der Waals surface area contributed by atoms with Crippen molar-refractivity contribution in [1.29, 1.82) is 0 Å². The van der Waals surface area contributed by atoms with Gasteiger partial charge in [0.2, 0.25) is 0 Å². The van der Waals surface area contributed by atoms with Crippen LogP contribution in [0, 0.1) is 24.2 Å². The summed E-state index contributed by atoms with van der Waals surface area (Å²) in [7, 11) is 0. The first kappa shape index (κ1) is 22.6. The van der Waals surface area contributed by atoms with Gasteiger partial charge in [0, 0.05) is 42.7 Å². The lowest BCUT2D eigenvalue weighted by Gasteiger charge is -2.40. The van der Waals surface area contributed by atoms with E-state index in [0.29, 0.717) is 5.56 Å². The lowest BCUT2D eigenvalue weighted by atomic mass is 9.79. The minimum atomic E-state index is -1.02. The second-order valence-corrected chi connectivity index (χ2v) is 10.2. The van der Waals surface area contributed by atoms with Gasteiger partial charge in [-0.15, -0.1) is 0 Å². The summed E-state index contributed by atoms with van der Waals surface area (Å²) in [4.78, 5) is 17.8. The van der Waals surface area contributed by atoms with E-state index >= 15 is 0 Å². The molecule has 4 heteroatoms. The second-order valence-electron chi connectivity index (χ2n) is 10.2. The van der Waals surface area contributed by atoms with E-state index < -0.39 is 5.60 Å². The van der Waals surface area contributed by atoms with Gasteiger partial charge in [0.25, 0.3) is 5.91 Å². The molecule has 2 fully saturated rings. The molecule has 2 aliphatic heterocycles. The summed E-state index contributed by atoms with van der Waals surface area (Å²) in [6.07, 6.45) is 3.48. The van der Waals surface area contributed by atoms with Gasteiger partial charge in [0.1, 0.15) is 5.60 Å². The Balaban J connectivity index is 1.38. The molecule has 1 atom stereocenters. The summed E-state index contributed by atoms with van der Waals surface area (Å²) in [5.41, 5.74) is 3.40. The zero-order valence-corrected chi connectivity index (χ0v) is 19.5. The Kier molecular flexibility index (Phi) is 6.42. The number of carbonyl (C=O) groups is 1. The molecule has 32 heavy (non-hydrogen) atoms. The third-order valence-corrected chi connectivity index (χ3v) is 6.60. The van der Waals surface area contributed by atoms with Crippen molar-refractivity contribution in [2.24, 2.45) is 5.41 Å². The summed E-state index contributed by atoms with van der Waals surface area (Å²) in [5.74, 6) is 5.89. The average Bonchev–Trinajstić information content (AvgIpc) is 3.14. The molecule has 2 aromatic rings. The zero-order chi connectivity index (χ0) is 22.8. The summed E-state index contributed by atoms with van der Waals surface area (Å²) < 4.78 is 0. The molecule has 0 bridgehead atoms. The largest absolute Gasteiger partial charge is 0.378 e. The maximum absolute atomic E-state index is 13.1. The number of hydrogen-bond donors (Lipinski definition) is 1. The molecule has 2 aromatic carbocycles. The van der Waals surface area contributed by atoms with E-state index in [4.69, 9.17) is 0 Å². The molecule has 1 spiro atoms. The Morgan fingerprint density at radius 1 is 1.09 bits per heavy atom. The lowest BCUT2D eigenvalue weighted by Crippen LogP contribution is -2.45. The number of aryl methyl sites for hydroxylation is 1. The van der Waals surface area contributed by atoms with E-state index in [9.17, 15) is 9.90 Å². The Hall–Kier alpha value is -2.61. The van der Waals surface area contributed by atoms with Crippen molar-refractivity contribution >= 4 is 5.91 Å². The Morgan fingerprint density at radius 3 is 2.59 bits per heavy atom. The molecule has 2 heterocycles. The molecule has 4 rings (SSSR count). The van der Waals surface area contributed by atoms with Crippen LogP contribution in [0.2, 0.25) is 0 Å². The van der Waals surface area contributed by atoms with Crippen LogP contribution in [-0.2, 0) is 6.54 Å². The highest BCUT2D eigenvalue weighted by atomic mass is 16.3. The fourth-order valence-electron chi connectivity index (χ4n) is 5.06. The molecule has 1 N–H and O–H groups in total. The van der Waals surface area contributed by atoms with Crippen LogP contribution in [0.5, 0.6) is 0 Å². The number of rotatable bonds is 3. The molecule has 1 amide bonds. The van der Waals surface area contributed by atoms with Gasteiger partial charge in [-0.2, -0.15) is 0 Å². The van der Waals surface area contributed by atoms with Crippen LogP contribution in [0.3, 0.4) is 0 Å². The van der Waals surface area contributed by atoms with Crippen molar-refractivity contribution in [3.8, 4) is 11.8 Å². The van der Waals surface area contributed by atoms with E-state index in [1.165, 1.54) is 24.0 Å². The van der Waals surface area contributed by atoms with Crippen LogP contribution in [0.1, 0.15) is 60.2 Å². The lowest BCUT2D eigenvalue weighted by molar-refractivity contribution is 0.0675. The smallest absolute Gasteiger partial charge is 0.253 e. The number of piperidine rings is 1. The van der Waals surface area contributed by atoms with Crippen molar-refractivity contribution in [3.63, 3.8) is 0 Å². The monoisotopic (exact) mass is 430 g/mol. The standard InChI is InChI=1S/C28H34N2O2/c1-22-6-4-7-24(18-22)19-29-16-5-13-28(20-29)15-17-30(21-28)26(31)25-10-8-23(9-11-25)12-14-27(2,3)32/h4,6-11,18,32H,5,13,15-17,19-21H2,1-3H3. The van der Waals surface area contributed by atoms with Crippen LogP contribution >= 0.6 is 0 Å². The van der Waals surface area contributed by atoms with E-state index in [1.807, 2.05) is 29.2 Å². The summed E-state index contributed by atoms with van der Waals surface area (Å²) in [6.45, 7) is 10.3. The number of aliphatic hydroxyl groups is 1. The maximum atomic E-state index is 13.1. The summed E-state index contributed by atoms with van der Waals surface area (Å²) >= 11 is 0. The first-order valence-corrected chi connectivity index (χ1v) is 11.6. The Morgan fingerprint density at radius 2 is 1.88 bits per heavy atom. The van der Waals surface area contributed by atoms with Crippen molar-refractivity contribution in [2.75, 3.05) is 26.2 Å². The van der Waals surface area contributed by atoms with Crippen LogP contribution in [0.4, 0.5) is 0 Å². The molecule has 2 saturated heterocycles. The van der Waals surface area contributed by atoms with Gasteiger partial charge < -0.3 is 10.0 Å².